The molecule has 1 fully saturated rings. The summed E-state index contributed by atoms with van der Waals surface area (Å²) in [5.41, 5.74) is 7.25. The molecule has 2 nitrogen and oxygen atoms in total. The average molecular weight is 338 g/mol. The van der Waals surface area contributed by atoms with Gasteiger partial charge >= 0.3 is 0 Å². The molecule has 24 heavy (non-hydrogen) atoms. The number of nitrogens with zero attached hydrogens (tertiary/aromatic N) is 1. The van der Waals surface area contributed by atoms with Crippen molar-refractivity contribution in [1.82, 2.24) is 4.98 Å². The number of anilines is 1. The van der Waals surface area contributed by atoms with Gasteiger partial charge in [0.15, 0.2) is 0 Å². The lowest BCUT2D eigenvalue weighted by molar-refractivity contribution is -0.0558. The van der Waals surface area contributed by atoms with E-state index in [0.29, 0.717) is 11.3 Å². The van der Waals surface area contributed by atoms with E-state index in [1.54, 1.807) is 6.92 Å². The molecule has 0 unspecified atom stereocenters. The molecular formula is C18H18F4N2. The molecule has 0 amide bonds. The van der Waals surface area contributed by atoms with Crippen LogP contribution in [0.5, 0.6) is 0 Å². The predicted molar refractivity (Wildman–Crippen MR) is 84.7 cm³/mol. The van der Waals surface area contributed by atoms with Gasteiger partial charge in [0.2, 0.25) is 5.92 Å². The topological polar surface area (TPSA) is 38.9 Å². The second-order valence-corrected chi connectivity index (χ2v) is 6.46. The Labute approximate surface area is 137 Å². The number of alkyl halides is 2. The number of nitrogens with two attached hydrogens (primary N) is 1. The molecule has 0 spiro atoms. The first kappa shape index (κ1) is 16.7. The number of pyridine rings is 1. The molecule has 3 rings (SSSR count). The van der Waals surface area contributed by atoms with Gasteiger partial charge in [-0.05, 0) is 36.6 Å². The molecule has 0 saturated heterocycles. The van der Waals surface area contributed by atoms with E-state index in [-0.39, 0.29) is 42.3 Å². The monoisotopic (exact) mass is 338 g/mol. The Bertz CT molecular complexity index is 761. The molecule has 1 saturated carbocycles. The molecule has 0 bridgehead atoms. The van der Waals surface area contributed by atoms with Crippen molar-refractivity contribution >= 4 is 5.69 Å². The number of benzene rings is 1. The SMILES string of the molecule is C[C@@H]1CC(F)(F)CC[C@H]1c1nccc(-c2cc(F)ccc2F)c1N. The summed E-state index contributed by atoms with van der Waals surface area (Å²) in [6.45, 7) is 1.74. The van der Waals surface area contributed by atoms with E-state index in [4.69, 9.17) is 5.73 Å². The van der Waals surface area contributed by atoms with E-state index in [1.807, 2.05) is 0 Å². The predicted octanol–water partition coefficient (Wildman–Crippen LogP) is 5.15. The fourth-order valence-electron chi connectivity index (χ4n) is 3.50. The molecule has 2 N–H and O–H groups in total. The van der Waals surface area contributed by atoms with E-state index >= 15 is 0 Å². The van der Waals surface area contributed by atoms with Crippen molar-refractivity contribution in [3.05, 3.63) is 47.8 Å². The van der Waals surface area contributed by atoms with E-state index < -0.39 is 17.6 Å². The highest BCUT2D eigenvalue weighted by Crippen LogP contribution is 2.46. The third-order valence-electron chi connectivity index (χ3n) is 4.72. The highest BCUT2D eigenvalue weighted by atomic mass is 19.3. The summed E-state index contributed by atoms with van der Waals surface area (Å²) in [6.07, 6.45) is 1.28. The van der Waals surface area contributed by atoms with Gasteiger partial charge in [0, 0.05) is 36.1 Å². The third-order valence-corrected chi connectivity index (χ3v) is 4.72. The third kappa shape index (κ3) is 3.09. The first-order chi connectivity index (χ1) is 11.3. The minimum atomic E-state index is -2.67. The minimum Gasteiger partial charge on any atom is -0.397 e. The summed E-state index contributed by atoms with van der Waals surface area (Å²) >= 11 is 0. The van der Waals surface area contributed by atoms with Gasteiger partial charge in [-0.3, -0.25) is 4.98 Å². The maximum atomic E-state index is 14.0. The van der Waals surface area contributed by atoms with Crippen molar-refractivity contribution < 1.29 is 17.6 Å². The Kier molecular flexibility index (Phi) is 4.24. The Morgan fingerprint density at radius 1 is 1.17 bits per heavy atom. The van der Waals surface area contributed by atoms with E-state index in [1.165, 1.54) is 12.3 Å². The quantitative estimate of drug-likeness (QED) is 0.769. The summed E-state index contributed by atoms with van der Waals surface area (Å²) in [5, 5.41) is 0. The van der Waals surface area contributed by atoms with Crippen molar-refractivity contribution in [2.45, 2.75) is 38.0 Å². The second-order valence-electron chi connectivity index (χ2n) is 6.46. The number of hydrogen-bond donors (Lipinski definition) is 1. The van der Waals surface area contributed by atoms with Crippen LogP contribution in [0.2, 0.25) is 0 Å². The van der Waals surface area contributed by atoms with Crippen LogP contribution in [-0.4, -0.2) is 10.9 Å². The summed E-state index contributed by atoms with van der Waals surface area (Å²) in [6, 6.07) is 4.65. The van der Waals surface area contributed by atoms with Crippen LogP contribution in [0, 0.1) is 17.6 Å². The fourth-order valence-corrected chi connectivity index (χ4v) is 3.50. The van der Waals surface area contributed by atoms with Gasteiger partial charge in [-0.25, -0.2) is 17.6 Å². The smallest absolute Gasteiger partial charge is 0.248 e. The standard InChI is InChI=1S/C18H18F4N2/c1-10-9-18(21,22)6-4-12(10)17-16(23)13(5-7-24-17)14-8-11(19)2-3-15(14)20/h2-3,5,7-8,10,12H,4,6,9,23H2,1H3/t10-,12-/m1/s1. The summed E-state index contributed by atoms with van der Waals surface area (Å²) in [7, 11) is 0. The zero-order chi connectivity index (χ0) is 17.5. The summed E-state index contributed by atoms with van der Waals surface area (Å²) in [4.78, 5) is 4.25. The lowest BCUT2D eigenvalue weighted by Gasteiger charge is -2.34. The molecule has 0 aliphatic heterocycles. The number of aromatic nitrogens is 1. The van der Waals surface area contributed by atoms with E-state index in [9.17, 15) is 17.6 Å². The van der Waals surface area contributed by atoms with Crippen molar-refractivity contribution in [1.29, 1.82) is 0 Å². The lowest BCUT2D eigenvalue weighted by Crippen LogP contribution is -2.30. The minimum absolute atomic E-state index is 0.0462. The molecule has 1 aromatic carbocycles. The van der Waals surface area contributed by atoms with Crippen LogP contribution in [0.1, 0.15) is 37.8 Å². The van der Waals surface area contributed by atoms with Crippen LogP contribution >= 0.6 is 0 Å². The second kappa shape index (κ2) is 6.07. The Morgan fingerprint density at radius 3 is 2.62 bits per heavy atom. The van der Waals surface area contributed by atoms with Crippen LogP contribution in [-0.2, 0) is 0 Å². The molecule has 1 aliphatic rings. The number of nitrogen functional groups attached to an aromatic ring is 1. The number of halogens is 4. The Balaban J connectivity index is 2.02. The summed E-state index contributed by atoms with van der Waals surface area (Å²) < 4.78 is 54.6. The van der Waals surface area contributed by atoms with Gasteiger partial charge in [0.1, 0.15) is 11.6 Å². The van der Waals surface area contributed by atoms with Crippen LogP contribution < -0.4 is 5.73 Å². The van der Waals surface area contributed by atoms with Gasteiger partial charge in [0.05, 0.1) is 11.4 Å². The molecule has 1 heterocycles. The molecule has 1 aliphatic carbocycles. The highest BCUT2D eigenvalue weighted by molar-refractivity contribution is 5.78. The zero-order valence-corrected chi connectivity index (χ0v) is 13.2. The number of hydrogen-bond acceptors (Lipinski definition) is 2. The van der Waals surface area contributed by atoms with Gasteiger partial charge in [0.25, 0.3) is 0 Å². The van der Waals surface area contributed by atoms with Gasteiger partial charge < -0.3 is 5.73 Å². The molecule has 1 aromatic heterocycles. The van der Waals surface area contributed by atoms with Crippen LogP contribution in [0.15, 0.2) is 30.5 Å². The first-order valence-electron chi connectivity index (χ1n) is 7.86. The van der Waals surface area contributed by atoms with Crippen molar-refractivity contribution in [2.75, 3.05) is 5.73 Å². The van der Waals surface area contributed by atoms with Crippen molar-refractivity contribution in [3.8, 4) is 11.1 Å². The molecule has 6 heteroatoms. The molecular weight excluding hydrogens is 320 g/mol. The van der Waals surface area contributed by atoms with E-state index in [0.717, 1.165) is 18.2 Å². The zero-order valence-electron chi connectivity index (χ0n) is 13.2. The lowest BCUT2D eigenvalue weighted by atomic mass is 9.76. The fraction of sp³-hybridized carbons (Fsp3) is 0.389. The molecule has 2 aromatic rings. The van der Waals surface area contributed by atoms with Crippen LogP contribution in [0.3, 0.4) is 0 Å². The van der Waals surface area contributed by atoms with Crippen molar-refractivity contribution in [2.24, 2.45) is 5.92 Å². The van der Waals surface area contributed by atoms with Gasteiger partial charge in [-0.1, -0.05) is 6.92 Å². The maximum Gasteiger partial charge on any atom is 0.248 e. The average Bonchev–Trinajstić information content (AvgIpc) is 2.50. The first-order valence-corrected chi connectivity index (χ1v) is 7.86. The Morgan fingerprint density at radius 2 is 1.92 bits per heavy atom. The van der Waals surface area contributed by atoms with Crippen LogP contribution in [0.4, 0.5) is 23.2 Å². The largest absolute Gasteiger partial charge is 0.397 e. The molecule has 128 valence electrons. The Hall–Kier alpha value is -2.11. The van der Waals surface area contributed by atoms with Gasteiger partial charge in [-0.2, -0.15) is 0 Å². The normalized spacial score (nSPS) is 23.2. The highest BCUT2D eigenvalue weighted by Gasteiger charge is 2.41. The van der Waals surface area contributed by atoms with Crippen LogP contribution in [0.25, 0.3) is 11.1 Å². The number of rotatable bonds is 2. The summed E-state index contributed by atoms with van der Waals surface area (Å²) in [5.74, 6) is -4.35. The van der Waals surface area contributed by atoms with E-state index in [2.05, 4.69) is 4.98 Å². The molecule has 0 radical (unpaired) electrons. The van der Waals surface area contributed by atoms with Gasteiger partial charge in [-0.15, -0.1) is 0 Å². The van der Waals surface area contributed by atoms with Crippen molar-refractivity contribution in [3.63, 3.8) is 0 Å². The molecule has 2 atom stereocenters. The maximum absolute atomic E-state index is 14.0.